The SMILES string of the molecule is Cc1ccccc1N1C(=O)[C@H]2[C@H](CC(C)C)N[C@]3(c4ccccc4-n4c3nc3ccccc3c4=O)[C@H]2C1=O. The van der Waals surface area contributed by atoms with E-state index in [4.69, 9.17) is 4.98 Å². The van der Waals surface area contributed by atoms with E-state index in [1.54, 1.807) is 10.6 Å². The Balaban J connectivity index is 1.53. The summed E-state index contributed by atoms with van der Waals surface area (Å²) in [6.07, 6.45) is 0.712. The molecule has 3 aliphatic heterocycles. The lowest BCUT2D eigenvalue weighted by Gasteiger charge is -2.32. The molecular weight excluding hydrogens is 476 g/mol. The largest absolute Gasteiger partial charge is 0.297 e. The molecule has 0 aliphatic carbocycles. The first-order valence-electron chi connectivity index (χ1n) is 13.2. The summed E-state index contributed by atoms with van der Waals surface area (Å²) >= 11 is 0. The zero-order valence-electron chi connectivity index (χ0n) is 21.5. The summed E-state index contributed by atoms with van der Waals surface area (Å²) in [5.74, 6) is -0.977. The second-order valence-electron chi connectivity index (χ2n) is 11.1. The lowest BCUT2D eigenvalue weighted by molar-refractivity contribution is -0.123. The fraction of sp³-hybridized carbons (Fsp3) is 0.290. The molecule has 4 aromatic rings. The van der Waals surface area contributed by atoms with Crippen molar-refractivity contribution in [3.05, 3.63) is 100 Å². The van der Waals surface area contributed by atoms with Gasteiger partial charge in [0.15, 0.2) is 0 Å². The number of hydrogen-bond donors (Lipinski definition) is 1. The van der Waals surface area contributed by atoms with E-state index in [1.807, 2.05) is 73.7 Å². The van der Waals surface area contributed by atoms with E-state index < -0.39 is 17.4 Å². The number of para-hydroxylation sites is 3. The quantitative estimate of drug-likeness (QED) is 0.425. The fourth-order valence-corrected chi connectivity index (χ4v) is 6.98. The molecule has 2 saturated heterocycles. The molecule has 4 atom stereocenters. The van der Waals surface area contributed by atoms with Gasteiger partial charge in [-0.05, 0) is 49.1 Å². The summed E-state index contributed by atoms with van der Waals surface area (Å²) in [5, 5.41) is 4.28. The van der Waals surface area contributed by atoms with Gasteiger partial charge in [0.1, 0.15) is 11.4 Å². The molecule has 3 aromatic carbocycles. The van der Waals surface area contributed by atoms with E-state index in [-0.39, 0.29) is 23.4 Å². The van der Waals surface area contributed by atoms with Crippen molar-refractivity contribution >= 4 is 28.4 Å². The van der Waals surface area contributed by atoms with Crippen LogP contribution in [0.5, 0.6) is 0 Å². The maximum atomic E-state index is 14.5. The van der Waals surface area contributed by atoms with Crippen molar-refractivity contribution in [1.29, 1.82) is 0 Å². The number of nitrogens with zero attached hydrogens (tertiary/aromatic N) is 3. The summed E-state index contributed by atoms with van der Waals surface area (Å²) in [7, 11) is 0. The van der Waals surface area contributed by atoms with Gasteiger partial charge in [-0.3, -0.25) is 24.3 Å². The Morgan fingerprint density at radius 3 is 2.34 bits per heavy atom. The highest BCUT2D eigenvalue weighted by molar-refractivity contribution is 6.23. The van der Waals surface area contributed by atoms with Crippen LogP contribution in [-0.2, 0) is 15.1 Å². The number of carbonyl (C=O) groups excluding carboxylic acids is 2. The van der Waals surface area contributed by atoms with Gasteiger partial charge in [0.2, 0.25) is 11.8 Å². The van der Waals surface area contributed by atoms with E-state index in [0.717, 1.165) is 11.1 Å². The Hall–Kier alpha value is -4.10. The monoisotopic (exact) mass is 504 g/mol. The Bertz CT molecular complexity index is 1720. The van der Waals surface area contributed by atoms with Crippen LogP contribution in [0.1, 0.15) is 37.2 Å². The van der Waals surface area contributed by atoms with Crippen molar-refractivity contribution in [2.45, 2.75) is 38.8 Å². The molecule has 7 heteroatoms. The van der Waals surface area contributed by atoms with Crippen LogP contribution in [0, 0.1) is 24.7 Å². The van der Waals surface area contributed by atoms with Gasteiger partial charge >= 0.3 is 0 Å². The number of amides is 2. The van der Waals surface area contributed by atoms with E-state index in [9.17, 15) is 14.4 Å². The Labute approximate surface area is 220 Å². The highest BCUT2D eigenvalue weighted by Crippen LogP contribution is 2.56. The average molecular weight is 505 g/mol. The summed E-state index contributed by atoms with van der Waals surface area (Å²) in [4.78, 5) is 48.9. The predicted octanol–water partition coefficient (Wildman–Crippen LogP) is 4.07. The first-order valence-corrected chi connectivity index (χ1v) is 13.2. The molecule has 0 saturated carbocycles. The molecule has 0 unspecified atom stereocenters. The number of carbonyl (C=O) groups is 2. The van der Waals surface area contributed by atoms with Gasteiger partial charge < -0.3 is 0 Å². The third-order valence-electron chi connectivity index (χ3n) is 8.44. The predicted molar refractivity (Wildman–Crippen MR) is 145 cm³/mol. The molecule has 38 heavy (non-hydrogen) atoms. The van der Waals surface area contributed by atoms with Gasteiger partial charge in [-0.15, -0.1) is 0 Å². The molecule has 2 fully saturated rings. The van der Waals surface area contributed by atoms with Crippen molar-refractivity contribution < 1.29 is 9.59 Å². The number of aryl methyl sites for hydroxylation is 1. The van der Waals surface area contributed by atoms with Gasteiger partial charge in [-0.25, -0.2) is 9.88 Å². The molecule has 1 spiro atoms. The number of anilines is 1. The highest BCUT2D eigenvalue weighted by Gasteiger charge is 2.69. The minimum atomic E-state index is -1.10. The third kappa shape index (κ3) is 2.82. The van der Waals surface area contributed by atoms with Crippen LogP contribution < -0.4 is 15.8 Å². The number of imide groups is 1. The smallest absolute Gasteiger partial charge is 0.266 e. The topological polar surface area (TPSA) is 84.3 Å². The van der Waals surface area contributed by atoms with E-state index in [2.05, 4.69) is 19.2 Å². The lowest BCUT2D eigenvalue weighted by Crippen LogP contribution is -2.50. The van der Waals surface area contributed by atoms with Crippen LogP contribution >= 0.6 is 0 Å². The van der Waals surface area contributed by atoms with Crippen molar-refractivity contribution in [1.82, 2.24) is 14.9 Å². The first kappa shape index (κ1) is 23.0. The molecule has 7 nitrogen and oxygen atoms in total. The molecule has 0 bridgehead atoms. The number of hydrogen-bond acceptors (Lipinski definition) is 5. The van der Waals surface area contributed by atoms with Gasteiger partial charge in [-0.1, -0.05) is 62.4 Å². The normalized spacial score (nSPS) is 25.5. The third-order valence-corrected chi connectivity index (χ3v) is 8.44. The lowest BCUT2D eigenvalue weighted by atomic mass is 9.75. The molecule has 1 N–H and O–H groups in total. The molecule has 4 heterocycles. The zero-order valence-corrected chi connectivity index (χ0v) is 21.5. The maximum Gasteiger partial charge on any atom is 0.266 e. The van der Waals surface area contributed by atoms with Crippen LogP contribution in [0.4, 0.5) is 5.69 Å². The number of nitrogens with one attached hydrogen (secondary N) is 1. The molecule has 2 amide bonds. The zero-order chi connectivity index (χ0) is 26.3. The van der Waals surface area contributed by atoms with Crippen molar-refractivity contribution in [2.24, 2.45) is 17.8 Å². The Morgan fingerprint density at radius 2 is 1.58 bits per heavy atom. The molecule has 7 rings (SSSR count). The molecule has 3 aliphatic rings. The minimum absolute atomic E-state index is 0.173. The van der Waals surface area contributed by atoms with Crippen molar-refractivity contribution in [3.63, 3.8) is 0 Å². The first-order chi connectivity index (χ1) is 18.3. The van der Waals surface area contributed by atoms with E-state index in [1.165, 1.54) is 4.90 Å². The molecule has 1 aromatic heterocycles. The average Bonchev–Trinajstić information content (AvgIpc) is 3.48. The summed E-state index contributed by atoms with van der Waals surface area (Å²) in [6, 6.07) is 22.2. The van der Waals surface area contributed by atoms with E-state index >= 15 is 0 Å². The molecule has 0 radical (unpaired) electrons. The molecular formula is C31H28N4O3. The number of fused-ring (bicyclic) bond motifs is 8. The maximum absolute atomic E-state index is 14.5. The fourth-order valence-electron chi connectivity index (χ4n) is 6.98. The van der Waals surface area contributed by atoms with Crippen LogP contribution in [0.25, 0.3) is 16.6 Å². The Kier molecular flexibility index (Phi) is 4.82. The van der Waals surface area contributed by atoms with Crippen molar-refractivity contribution in [3.8, 4) is 5.69 Å². The van der Waals surface area contributed by atoms with Crippen LogP contribution in [0.3, 0.4) is 0 Å². The van der Waals surface area contributed by atoms with Gasteiger partial charge in [-0.2, -0.15) is 0 Å². The second-order valence-corrected chi connectivity index (χ2v) is 11.1. The summed E-state index contributed by atoms with van der Waals surface area (Å²) in [5.41, 5.74) is 2.30. The van der Waals surface area contributed by atoms with Gasteiger partial charge in [0.25, 0.3) is 5.56 Å². The number of rotatable bonds is 3. The van der Waals surface area contributed by atoms with Crippen LogP contribution in [0.2, 0.25) is 0 Å². The highest BCUT2D eigenvalue weighted by atomic mass is 16.2. The number of benzene rings is 3. The molecule has 190 valence electrons. The van der Waals surface area contributed by atoms with Crippen molar-refractivity contribution in [2.75, 3.05) is 4.90 Å². The van der Waals surface area contributed by atoms with Crippen LogP contribution in [0.15, 0.2) is 77.6 Å². The number of aromatic nitrogens is 2. The summed E-state index contributed by atoms with van der Waals surface area (Å²) in [6.45, 7) is 6.15. The minimum Gasteiger partial charge on any atom is -0.297 e. The Morgan fingerprint density at radius 1 is 0.895 bits per heavy atom. The van der Waals surface area contributed by atoms with Gasteiger partial charge in [0.05, 0.1) is 34.1 Å². The standard InChI is InChI=1S/C31H28N4O3/c1-17(2)16-22-25-26(29(38)34(28(25)37)23-14-8-4-10-18(23)3)31(33-22)20-12-6-9-15-24(20)35-27(36)19-11-5-7-13-21(19)32-30(31)35/h4-15,17,22,25-26,33H,16H2,1-3H3/t22-,25-,26+,31+/m0/s1. The summed E-state index contributed by atoms with van der Waals surface area (Å²) < 4.78 is 1.65. The van der Waals surface area contributed by atoms with Gasteiger partial charge in [0, 0.05) is 11.6 Å². The van der Waals surface area contributed by atoms with Crippen LogP contribution in [-0.4, -0.2) is 27.4 Å². The second kappa shape index (κ2) is 7.95. The van der Waals surface area contributed by atoms with E-state index in [0.29, 0.717) is 40.4 Å².